The molecular formula is C19H24N2O5. The number of carbonyl (C=O) groups excluding carboxylic acids is 3. The summed E-state index contributed by atoms with van der Waals surface area (Å²) in [7, 11) is 2.98. The molecule has 1 atom stereocenters. The van der Waals surface area contributed by atoms with Gasteiger partial charge >= 0.3 is 5.97 Å². The van der Waals surface area contributed by atoms with Crippen LogP contribution in [-0.4, -0.2) is 56.5 Å². The lowest BCUT2D eigenvalue weighted by Crippen LogP contribution is -2.43. The Labute approximate surface area is 152 Å². The summed E-state index contributed by atoms with van der Waals surface area (Å²) >= 11 is 0. The smallest absolute Gasteiger partial charge is 0.308 e. The highest BCUT2D eigenvalue weighted by molar-refractivity contribution is 6.00. The van der Waals surface area contributed by atoms with Gasteiger partial charge in [0.05, 0.1) is 26.1 Å². The highest BCUT2D eigenvalue weighted by Gasteiger charge is 2.38. The number of benzene rings is 1. The molecule has 7 nitrogen and oxygen atoms in total. The number of amides is 2. The van der Waals surface area contributed by atoms with Crippen molar-refractivity contribution in [3.63, 3.8) is 0 Å². The molecule has 140 valence electrons. The number of rotatable bonds is 4. The van der Waals surface area contributed by atoms with Gasteiger partial charge in [-0.25, -0.2) is 0 Å². The van der Waals surface area contributed by atoms with Crippen LogP contribution < -0.4 is 9.64 Å². The first-order valence-corrected chi connectivity index (χ1v) is 8.84. The number of nitrogens with zero attached hydrogens (tertiary/aromatic N) is 2. The standard InChI is InChI=1S/C19H24N2O5/c1-25-16-5-3-15(4-6-16)21-12-14(11-17(21)22)18(23)20-9-7-13(8-10-20)19(24)26-2/h3-6,13-14H,7-12H2,1-2H3. The Kier molecular flexibility index (Phi) is 5.44. The number of carbonyl (C=O) groups is 3. The third-order valence-electron chi connectivity index (χ3n) is 5.20. The fourth-order valence-electron chi connectivity index (χ4n) is 3.65. The van der Waals surface area contributed by atoms with Crippen LogP contribution in [0.1, 0.15) is 19.3 Å². The monoisotopic (exact) mass is 360 g/mol. The van der Waals surface area contributed by atoms with Gasteiger partial charge in [-0.2, -0.15) is 0 Å². The predicted octanol–water partition coefficient (Wildman–Crippen LogP) is 1.46. The van der Waals surface area contributed by atoms with E-state index in [0.717, 1.165) is 11.4 Å². The molecule has 2 aliphatic heterocycles. The average Bonchev–Trinajstić information content (AvgIpc) is 3.08. The van der Waals surface area contributed by atoms with E-state index >= 15 is 0 Å². The maximum atomic E-state index is 12.8. The second kappa shape index (κ2) is 7.76. The van der Waals surface area contributed by atoms with E-state index in [-0.39, 0.29) is 36.0 Å². The predicted molar refractivity (Wildman–Crippen MR) is 94.8 cm³/mol. The second-order valence-corrected chi connectivity index (χ2v) is 6.73. The number of likely N-dealkylation sites (tertiary alicyclic amines) is 1. The van der Waals surface area contributed by atoms with Crippen molar-refractivity contribution in [1.29, 1.82) is 0 Å². The van der Waals surface area contributed by atoms with Crippen molar-refractivity contribution in [3.05, 3.63) is 24.3 Å². The summed E-state index contributed by atoms with van der Waals surface area (Å²) in [5.41, 5.74) is 0.774. The van der Waals surface area contributed by atoms with Crippen LogP contribution in [-0.2, 0) is 19.1 Å². The van der Waals surface area contributed by atoms with E-state index in [4.69, 9.17) is 9.47 Å². The van der Waals surface area contributed by atoms with Crippen molar-refractivity contribution < 1.29 is 23.9 Å². The van der Waals surface area contributed by atoms with Gasteiger partial charge in [0.25, 0.3) is 0 Å². The Morgan fingerprint density at radius 3 is 2.27 bits per heavy atom. The topological polar surface area (TPSA) is 76.2 Å². The Hall–Kier alpha value is -2.57. The van der Waals surface area contributed by atoms with Gasteiger partial charge in [0, 0.05) is 31.7 Å². The largest absolute Gasteiger partial charge is 0.497 e. The molecule has 1 unspecified atom stereocenters. The highest BCUT2D eigenvalue weighted by atomic mass is 16.5. The number of anilines is 1. The van der Waals surface area contributed by atoms with Crippen molar-refractivity contribution in [2.24, 2.45) is 11.8 Å². The number of piperidine rings is 1. The van der Waals surface area contributed by atoms with Crippen LogP contribution in [0.15, 0.2) is 24.3 Å². The molecule has 0 aromatic heterocycles. The number of hydrogen-bond donors (Lipinski definition) is 0. The van der Waals surface area contributed by atoms with Crippen LogP contribution in [0.4, 0.5) is 5.69 Å². The van der Waals surface area contributed by atoms with Gasteiger partial charge in [-0.05, 0) is 37.1 Å². The van der Waals surface area contributed by atoms with Gasteiger partial charge in [-0.3, -0.25) is 14.4 Å². The van der Waals surface area contributed by atoms with E-state index in [1.165, 1.54) is 7.11 Å². The second-order valence-electron chi connectivity index (χ2n) is 6.73. The molecule has 3 rings (SSSR count). The van der Waals surface area contributed by atoms with E-state index in [0.29, 0.717) is 32.5 Å². The molecule has 26 heavy (non-hydrogen) atoms. The van der Waals surface area contributed by atoms with Gasteiger partial charge in [0.2, 0.25) is 11.8 Å². The first-order chi connectivity index (χ1) is 12.5. The first kappa shape index (κ1) is 18.2. The van der Waals surface area contributed by atoms with Gasteiger partial charge in [-0.1, -0.05) is 0 Å². The molecule has 1 aromatic carbocycles. The normalized spacial score (nSPS) is 21.0. The molecule has 0 spiro atoms. The number of methoxy groups -OCH3 is 2. The zero-order chi connectivity index (χ0) is 18.7. The fraction of sp³-hybridized carbons (Fsp3) is 0.526. The maximum Gasteiger partial charge on any atom is 0.308 e. The first-order valence-electron chi connectivity index (χ1n) is 8.84. The van der Waals surface area contributed by atoms with E-state index in [1.54, 1.807) is 29.0 Å². The Bertz CT molecular complexity index is 680. The van der Waals surface area contributed by atoms with Crippen molar-refractivity contribution in [2.75, 3.05) is 38.8 Å². The summed E-state index contributed by atoms with van der Waals surface area (Å²) in [6.45, 7) is 1.46. The van der Waals surface area contributed by atoms with Crippen LogP contribution >= 0.6 is 0 Å². The highest BCUT2D eigenvalue weighted by Crippen LogP contribution is 2.29. The van der Waals surface area contributed by atoms with Crippen LogP contribution in [0.5, 0.6) is 5.75 Å². The molecule has 2 saturated heterocycles. The van der Waals surface area contributed by atoms with Crippen LogP contribution in [0, 0.1) is 11.8 Å². The van der Waals surface area contributed by atoms with Gasteiger partial charge in [0.15, 0.2) is 0 Å². The third kappa shape index (κ3) is 3.66. The van der Waals surface area contributed by atoms with E-state index in [9.17, 15) is 14.4 Å². The lowest BCUT2D eigenvalue weighted by Gasteiger charge is -2.32. The molecule has 0 N–H and O–H groups in total. The zero-order valence-electron chi connectivity index (χ0n) is 15.1. The summed E-state index contributed by atoms with van der Waals surface area (Å²) < 4.78 is 9.91. The van der Waals surface area contributed by atoms with E-state index in [1.807, 2.05) is 12.1 Å². The fourth-order valence-corrected chi connectivity index (χ4v) is 3.65. The van der Waals surface area contributed by atoms with E-state index in [2.05, 4.69) is 0 Å². The number of hydrogen-bond acceptors (Lipinski definition) is 5. The Morgan fingerprint density at radius 1 is 1.04 bits per heavy atom. The minimum atomic E-state index is -0.334. The zero-order valence-corrected chi connectivity index (χ0v) is 15.1. The van der Waals surface area contributed by atoms with Gasteiger partial charge in [-0.15, -0.1) is 0 Å². The van der Waals surface area contributed by atoms with Crippen molar-refractivity contribution in [3.8, 4) is 5.75 Å². The summed E-state index contributed by atoms with van der Waals surface area (Å²) in [5.74, 6) is 0.000278. The molecule has 0 bridgehead atoms. The Morgan fingerprint density at radius 2 is 1.69 bits per heavy atom. The van der Waals surface area contributed by atoms with Crippen LogP contribution in [0.25, 0.3) is 0 Å². The summed E-state index contributed by atoms with van der Waals surface area (Å²) in [5, 5.41) is 0. The quantitative estimate of drug-likeness (QED) is 0.760. The van der Waals surface area contributed by atoms with E-state index < -0.39 is 0 Å². The van der Waals surface area contributed by atoms with Crippen LogP contribution in [0.2, 0.25) is 0 Å². The van der Waals surface area contributed by atoms with Gasteiger partial charge in [0.1, 0.15) is 5.75 Å². The average molecular weight is 360 g/mol. The molecule has 2 heterocycles. The minimum Gasteiger partial charge on any atom is -0.497 e. The molecule has 2 amide bonds. The summed E-state index contributed by atoms with van der Waals surface area (Å²) in [6, 6.07) is 7.25. The SMILES string of the molecule is COC(=O)C1CCN(C(=O)C2CC(=O)N(c3ccc(OC)cc3)C2)CC1. The summed E-state index contributed by atoms with van der Waals surface area (Å²) in [6.07, 6.45) is 1.45. The maximum absolute atomic E-state index is 12.8. The van der Waals surface area contributed by atoms with Crippen molar-refractivity contribution in [2.45, 2.75) is 19.3 Å². The molecule has 2 aliphatic rings. The third-order valence-corrected chi connectivity index (χ3v) is 5.20. The molecule has 1 aromatic rings. The Balaban J connectivity index is 1.59. The lowest BCUT2D eigenvalue weighted by atomic mass is 9.95. The number of esters is 1. The summed E-state index contributed by atoms with van der Waals surface area (Å²) in [4.78, 5) is 40.2. The van der Waals surface area contributed by atoms with Gasteiger partial charge < -0.3 is 19.3 Å². The van der Waals surface area contributed by atoms with Crippen LogP contribution in [0.3, 0.4) is 0 Å². The molecular weight excluding hydrogens is 336 g/mol. The van der Waals surface area contributed by atoms with Crippen molar-refractivity contribution in [1.82, 2.24) is 4.90 Å². The minimum absolute atomic E-state index is 0.00215. The number of ether oxygens (including phenoxy) is 2. The molecule has 0 saturated carbocycles. The molecule has 0 radical (unpaired) electrons. The molecule has 2 fully saturated rings. The van der Waals surface area contributed by atoms with Crippen molar-refractivity contribution >= 4 is 23.5 Å². The lowest BCUT2D eigenvalue weighted by molar-refractivity contribution is -0.149. The molecule has 0 aliphatic carbocycles. The molecule has 7 heteroatoms.